The number of carbonyl (C=O) groups is 1. The number of hydrogen-bond donors (Lipinski definition) is 0. The second-order valence-corrected chi connectivity index (χ2v) is 5.38. The van der Waals surface area contributed by atoms with Crippen molar-refractivity contribution in [3.05, 3.63) is 65.5 Å². The molecule has 2 aromatic rings. The number of halogens is 1. The Hall–Kier alpha value is -2.69. The van der Waals surface area contributed by atoms with E-state index in [0.717, 1.165) is 17.0 Å². The van der Waals surface area contributed by atoms with Crippen LogP contribution in [-0.4, -0.2) is 23.7 Å². The molecule has 1 atom stereocenters. The summed E-state index contributed by atoms with van der Waals surface area (Å²) in [5.41, 5.74) is 2.14. The van der Waals surface area contributed by atoms with Crippen LogP contribution in [0, 0.1) is 5.82 Å². The molecule has 0 saturated carbocycles. The summed E-state index contributed by atoms with van der Waals surface area (Å²) in [5, 5.41) is 5.76. The van der Waals surface area contributed by atoms with Crippen LogP contribution in [-0.2, 0) is 4.79 Å². The van der Waals surface area contributed by atoms with E-state index in [1.54, 1.807) is 25.3 Å². The van der Waals surface area contributed by atoms with Gasteiger partial charge >= 0.3 is 0 Å². The zero-order chi connectivity index (χ0) is 16.4. The molecule has 0 aliphatic carbocycles. The summed E-state index contributed by atoms with van der Waals surface area (Å²) >= 11 is 0. The first kappa shape index (κ1) is 15.2. The highest BCUT2D eigenvalue weighted by molar-refractivity contribution is 6.03. The summed E-state index contributed by atoms with van der Waals surface area (Å²) in [6.07, 6.45) is 0.479. The molecule has 4 nitrogen and oxygen atoms in total. The second kappa shape index (κ2) is 6.20. The van der Waals surface area contributed by atoms with E-state index in [2.05, 4.69) is 5.10 Å². The molecule has 0 aromatic heterocycles. The fraction of sp³-hybridized carbons (Fsp3) is 0.222. The van der Waals surface area contributed by atoms with Gasteiger partial charge in [-0.1, -0.05) is 18.2 Å². The summed E-state index contributed by atoms with van der Waals surface area (Å²) in [6, 6.07) is 13.5. The van der Waals surface area contributed by atoms with E-state index in [0.29, 0.717) is 12.0 Å². The molecular weight excluding hydrogens is 295 g/mol. The van der Waals surface area contributed by atoms with Crippen LogP contribution in [0.3, 0.4) is 0 Å². The molecule has 0 N–H and O–H groups in total. The van der Waals surface area contributed by atoms with Crippen molar-refractivity contribution in [1.29, 1.82) is 0 Å². The van der Waals surface area contributed by atoms with Crippen molar-refractivity contribution in [2.24, 2.45) is 5.10 Å². The number of amides is 1. The maximum Gasteiger partial charge on any atom is 0.240 e. The van der Waals surface area contributed by atoms with Crippen LogP contribution in [0.4, 0.5) is 4.39 Å². The van der Waals surface area contributed by atoms with Crippen molar-refractivity contribution in [1.82, 2.24) is 5.01 Å². The zero-order valence-electron chi connectivity index (χ0n) is 13.0. The van der Waals surface area contributed by atoms with E-state index in [1.807, 2.05) is 24.3 Å². The van der Waals surface area contributed by atoms with Crippen molar-refractivity contribution in [3.8, 4) is 5.75 Å². The van der Waals surface area contributed by atoms with E-state index in [-0.39, 0.29) is 11.7 Å². The van der Waals surface area contributed by atoms with Crippen LogP contribution in [0.2, 0.25) is 0 Å². The fourth-order valence-corrected chi connectivity index (χ4v) is 2.75. The fourth-order valence-electron chi connectivity index (χ4n) is 2.75. The number of nitrogens with zero attached hydrogens (tertiary/aromatic N) is 2. The Morgan fingerprint density at radius 1 is 1.22 bits per heavy atom. The molecule has 0 unspecified atom stereocenters. The van der Waals surface area contributed by atoms with Crippen LogP contribution in [0.15, 0.2) is 53.6 Å². The molecule has 1 aliphatic rings. The SMILES string of the molecule is COc1ccc(C2=NN(C(C)=O)[C@@H](c3ccccc3F)C2)cc1. The van der Waals surface area contributed by atoms with Crippen LogP contribution in [0.25, 0.3) is 0 Å². The molecule has 0 spiro atoms. The van der Waals surface area contributed by atoms with Gasteiger partial charge in [0.2, 0.25) is 5.91 Å². The Bertz CT molecular complexity index is 756. The van der Waals surface area contributed by atoms with Crippen molar-refractivity contribution in [3.63, 3.8) is 0 Å². The summed E-state index contributed by atoms with van der Waals surface area (Å²) < 4.78 is 19.2. The maximum absolute atomic E-state index is 14.1. The number of carbonyl (C=O) groups excluding carboxylic acids is 1. The van der Waals surface area contributed by atoms with Crippen molar-refractivity contribution in [2.75, 3.05) is 7.11 Å². The molecular formula is C18H17FN2O2. The van der Waals surface area contributed by atoms with E-state index in [9.17, 15) is 9.18 Å². The minimum atomic E-state index is -0.411. The summed E-state index contributed by atoms with van der Waals surface area (Å²) in [5.74, 6) is 0.220. The van der Waals surface area contributed by atoms with Gasteiger partial charge in [0, 0.05) is 18.9 Å². The lowest BCUT2D eigenvalue weighted by atomic mass is 9.98. The highest BCUT2D eigenvalue weighted by atomic mass is 19.1. The highest BCUT2D eigenvalue weighted by Gasteiger charge is 2.32. The lowest BCUT2D eigenvalue weighted by Crippen LogP contribution is -2.25. The van der Waals surface area contributed by atoms with Gasteiger partial charge < -0.3 is 4.74 Å². The number of methoxy groups -OCH3 is 1. The predicted molar refractivity (Wildman–Crippen MR) is 85.8 cm³/mol. The molecule has 118 valence electrons. The lowest BCUT2D eigenvalue weighted by molar-refractivity contribution is -0.130. The molecule has 0 saturated heterocycles. The topological polar surface area (TPSA) is 41.9 Å². The summed E-state index contributed by atoms with van der Waals surface area (Å²) in [4.78, 5) is 11.9. The largest absolute Gasteiger partial charge is 0.497 e. The summed E-state index contributed by atoms with van der Waals surface area (Å²) in [7, 11) is 1.60. The van der Waals surface area contributed by atoms with Gasteiger partial charge in [-0.2, -0.15) is 5.10 Å². The van der Waals surface area contributed by atoms with Crippen molar-refractivity contribution in [2.45, 2.75) is 19.4 Å². The third kappa shape index (κ3) is 2.95. The van der Waals surface area contributed by atoms with E-state index < -0.39 is 6.04 Å². The molecule has 1 aliphatic heterocycles. The van der Waals surface area contributed by atoms with Gasteiger partial charge in [0.1, 0.15) is 11.6 Å². The van der Waals surface area contributed by atoms with Gasteiger partial charge in [-0.15, -0.1) is 0 Å². The first-order valence-electron chi connectivity index (χ1n) is 7.36. The number of benzene rings is 2. The zero-order valence-corrected chi connectivity index (χ0v) is 13.0. The van der Waals surface area contributed by atoms with Gasteiger partial charge in [0.05, 0.1) is 18.9 Å². The molecule has 0 radical (unpaired) electrons. The Kier molecular flexibility index (Phi) is 4.10. The number of ether oxygens (including phenoxy) is 1. The van der Waals surface area contributed by atoms with Gasteiger partial charge in [-0.25, -0.2) is 9.40 Å². The Morgan fingerprint density at radius 3 is 2.52 bits per heavy atom. The Balaban J connectivity index is 1.93. The van der Waals surface area contributed by atoms with Crippen LogP contribution in [0.1, 0.15) is 30.5 Å². The molecule has 2 aromatic carbocycles. The monoisotopic (exact) mass is 312 g/mol. The van der Waals surface area contributed by atoms with E-state index in [4.69, 9.17) is 4.74 Å². The van der Waals surface area contributed by atoms with Crippen LogP contribution < -0.4 is 4.74 Å². The average Bonchev–Trinajstić information content (AvgIpc) is 3.01. The normalized spacial score (nSPS) is 17.1. The molecule has 5 heteroatoms. The quantitative estimate of drug-likeness (QED) is 0.870. The number of rotatable bonds is 3. The first-order valence-corrected chi connectivity index (χ1v) is 7.36. The Morgan fingerprint density at radius 2 is 1.91 bits per heavy atom. The maximum atomic E-state index is 14.1. The molecule has 23 heavy (non-hydrogen) atoms. The first-order chi connectivity index (χ1) is 11.1. The lowest BCUT2D eigenvalue weighted by Gasteiger charge is -2.20. The minimum absolute atomic E-state index is 0.207. The molecule has 0 fully saturated rings. The van der Waals surface area contributed by atoms with E-state index in [1.165, 1.54) is 18.0 Å². The standard InChI is InChI=1S/C18H17FN2O2/c1-12(22)21-18(15-5-3-4-6-16(15)19)11-17(20-21)13-7-9-14(23-2)10-8-13/h3-10,18H,11H2,1-2H3/t18-/m1/s1. The van der Waals surface area contributed by atoms with Gasteiger partial charge in [0.15, 0.2) is 0 Å². The Labute approximate surface area is 134 Å². The van der Waals surface area contributed by atoms with Crippen LogP contribution >= 0.6 is 0 Å². The average molecular weight is 312 g/mol. The van der Waals surface area contributed by atoms with Crippen LogP contribution in [0.5, 0.6) is 5.75 Å². The minimum Gasteiger partial charge on any atom is -0.497 e. The molecule has 1 amide bonds. The third-order valence-electron chi connectivity index (χ3n) is 3.92. The van der Waals surface area contributed by atoms with Crippen molar-refractivity contribution < 1.29 is 13.9 Å². The smallest absolute Gasteiger partial charge is 0.240 e. The van der Waals surface area contributed by atoms with Gasteiger partial charge in [-0.3, -0.25) is 4.79 Å². The third-order valence-corrected chi connectivity index (χ3v) is 3.92. The van der Waals surface area contributed by atoms with Gasteiger partial charge in [-0.05, 0) is 35.9 Å². The predicted octanol–water partition coefficient (Wildman–Crippen LogP) is 3.53. The molecule has 1 heterocycles. The number of hydrazone groups is 1. The highest BCUT2D eigenvalue weighted by Crippen LogP contribution is 2.34. The van der Waals surface area contributed by atoms with Gasteiger partial charge in [0.25, 0.3) is 0 Å². The summed E-state index contributed by atoms with van der Waals surface area (Å²) in [6.45, 7) is 1.44. The number of hydrogen-bond acceptors (Lipinski definition) is 3. The molecule has 3 rings (SSSR count). The van der Waals surface area contributed by atoms with E-state index >= 15 is 0 Å². The van der Waals surface area contributed by atoms with Crippen molar-refractivity contribution >= 4 is 11.6 Å². The second-order valence-electron chi connectivity index (χ2n) is 5.38. The molecule has 0 bridgehead atoms.